The lowest BCUT2D eigenvalue weighted by atomic mass is 10.1. The average Bonchev–Trinajstić information content (AvgIpc) is 2.58. The Hall–Kier alpha value is -3.08. The topological polar surface area (TPSA) is 64.3 Å². The number of nitrogen functional groups attached to an aromatic ring is 1. The average molecular weight is 326 g/mol. The summed E-state index contributed by atoms with van der Waals surface area (Å²) in [5.74, 6) is 0.0285. The SMILES string of the molecule is C=CCOc1ccc(/C=C\C(=O)NCc2ccc(F)cc2)cc1N. The molecule has 0 radical (unpaired) electrons. The summed E-state index contributed by atoms with van der Waals surface area (Å²) in [6, 6.07) is 11.2. The van der Waals surface area contributed by atoms with Gasteiger partial charge in [0.25, 0.3) is 0 Å². The highest BCUT2D eigenvalue weighted by Gasteiger charge is 2.01. The van der Waals surface area contributed by atoms with Crippen molar-refractivity contribution in [2.75, 3.05) is 12.3 Å². The molecule has 0 aliphatic heterocycles. The Morgan fingerprint density at radius 3 is 2.67 bits per heavy atom. The molecule has 3 N–H and O–H groups in total. The van der Waals surface area contributed by atoms with Crippen LogP contribution in [0.1, 0.15) is 11.1 Å². The van der Waals surface area contributed by atoms with E-state index in [2.05, 4.69) is 11.9 Å². The molecule has 0 unspecified atom stereocenters. The summed E-state index contributed by atoms with van der Waals surface area (Å²) in [4.78, 5) is 11.8. The van der Waals surface area contributed by atoms with E-state index >= 15 is 0 Å². The van der Waals surface area contributed by atoms with Crippen molar-refractivity contribution in [3.63, 3.8) is 0 Å². The molecule has 0 atom stereocenters. The zero-order chi connectivity index (χ0) is 17.4. The second-order valence-corrected chi connectivity index (χ2v) is 5.07. The van der Waals surface area contributed by atoms with Crippen LogP contribution in [-0.4, -0.2) is 12.5 Å². The molecule has 0 bridgehead atoms. The van der Waals surface area contributed by atoms with Gasteiger partial charge in [-0.1, -0.05) is 30.9 Å². The van der Waals surface area contributed by atoms with Gasteiger partial charge in [-0.3, -0.25) is 4.79 Å². The van der Waals surface area contributed by atoms with Gasteiger partial charge < -0.3 is 15.8 Å². The summed E-state index contributed by atoms with van der Waals surface area (Å²) in [5, 5.41) is 2.73. The van der Waals surface area contributed by atoms with Crippen LogP contribution in [0.2, 0.25) is 0 Å². The first-order valence-corrected chi connectivity index (χ1v) is 7.42. The molecule has 1 amide bonds. The first kappa shape index (κ1) is 17.3. The van der Waals surface area contributed by atoms with Crippen molar-refractivity contribution in [2.45, 2.75) is 6.54 Å². The van der Waals surface area contributed by atoms with Crippen molar-refractivity contribution in [2.24, 2.45) is 0 Å². The molecule has 5 heteroatoms. The van der Waals surface area contributed by atoms with E-state index in [1.807, 2.05) is 0 Å². The fourth-order valence-electron chi connectivity index (χ4n) is 1.97. The molecule has 124 valence electrons. The van der Waals surface area contributed by atoms with Gasteiger partial charge in [0.15, 0.2) is 0 Å². The number of benzene rings is 2. The Kier molecular flexibility index (Phi) is 6.14. The number of hydrogen-bond acceptors (Lipinski definition) is 3. The molecular weight excluding hydrogens is 307 g/mol. The van der Waals surface area contributed by atoms with Crippen molar-refractivity contribution >= 4 is 17.7 Å². The molecule has 24 heavy (non-hydrogen) atoms. The van der Waals surface area contributed by atoms with E-state index in [0.29, 0.717) is 24.6 Å². The smallest absolute Gasteiger partial charge is 0.244 e. The van der Waals surface area contributed by atoms with Crippen molar-refractivity contribution in [3.8, 4) is 5.75 Å². The van der Waals surface area contributed by atoms with Gasteiger partial charge in [0.05, 0.1) is 5.69 Å². The predicted octanol–water partition coefficient (Wildman–Crippen LogP) is 3.30. The minimum Gasteiger partial charge on any atom is -0.487 e. The second-order valence-electron chi connectivity index (χ2n) is 5.07. The zero-order valence-corrected chi connectivity index (χ0v) is 13.2. The monoisotopic (exact) mass is 326 g/mol. The maximum Gasteiger partial charge on any atom is 0.244 e. The molecule has 0 saturated carbocycles. The molecule has 0 aromatic heterocycles. The van der Waals surface area contributed by atoms with Crippen LogP contribution in [-0.2, 0) is 11.3 Å². The third-order valence-corrected chi connectivity index (χ3v) is 3.20. The van der Waals surface area contributed by atoms with E-state index in [-0.39, 0.29) is 11.7 Å². The molecule has 0 spiro atoms. The lowest BCUT2D eigenvalue weighted by molar-refractivity contribution is -0.116. The van der Waals surface area contributed by atoms with Crippen LogP contribution in [0, 0.1) is 5.82 Å². The first-order chi connectivity index (χ1) is 11.6. The second kappa shape index (κ2) is 8.53. The number of halogens is 1. The fourth-order valence-corrected chi connectivity index (χ4v) is 1.97. The van der Waals surface area contributed by atoms with E-state index in [1.165, 1.54) is 18.2 Å². The Morgan fingerprint density at radius 2 is 2.00 bits per heavy atom. The number of nitrogens with one attached hydrogen (secondary N) is 1. The number of ether oxygens (including phenoxy) is 1. The van der Waals surface area contributed by atoms with Crippen LogP contribution in [0.25, 0.3) is 6.08 Å². The molecule has 2 aromatic carbocycles. The predicted molar refractivity (Wildman–Crippen MR) is 93.8 cm³/mol. The van der Waals surface area contributed by atoms with Gasteiger partial charge >= 0.3 is 0 Å². The van der Waals surface area contributed by atoms with Crippen molar-refractivity contribution in [1.29, 1.82) is 0 Å². The molecule has 4 nitrogen and oxygen atoms in total. The van der Waals surface area contributed by atoms with Crippen molar-refractivity contribution in [1.82, 2.24) is 5.32 Å². The van der Waals surface area contributed by atoms with Crippen LogP contribution >= 0.6 is 0 Å². The van der Waals surface area contributed by atoms with Crippen LogP contribution in [0.3, 0.4) is 0 Å². The molecule has 2 aromatic rings. The van der Waals surface area contributed by atoms with Crippen LogP contribution in [0.5, 0.6) is 5.75 Å². The third kappa shape index (κ3) is 5.28. The third-order valence-electron chi connectivity index (χ3n) is 3.20. The van der Waals surface area contributed by atoms with Gasteiger partial charge in [0.2, 0.25) is 5.91 Å². The number of hydrogen-bond donors (Lipinski definition) is 2. The highest BCUT2D eigenvalue weighted by Crippen LogP contribution is 2.23. The fraction of sp³-hybridized carbons (Fsp3) is 0.105. The molecular formula is C19H19FN2O2. The highest BCUT2D eigenvalue weighted by atomic mass is 19.1. The molecule has 0 fully saturated rings. The molecule has 0 heterocycles. The Balaban J connectivity index is 1.89. The highest BCUT2D eigenvalue weighted by molar-refractivity contribution is 5.91. The summed E-state index contributed by atoms with van der Waals surface area (Å²) >= 11 is 0. The van der Waals surface area contributed by atoms with Gasteiger partial charge in [0, 0.05) is 12.6 Å². The number of nitrogens with two attached hydrogens (primary N) is 1. The summed E-state index contributed by atoms with van der Waals surface area (Å²) in [6.45, 7) is 4.29. The van der Waals surface area contributed by atoms with Gasteiger partial charge in [-0.25, -0.2) is 4.39 Å². The molecule has 0 aliphatic rings. The van der Waals surface area contributed by atoms with E-state index in [4.69, 9.17) is 10.5 Å². The standard InChI is InChI=1S/C19H19FN2O2/c1-2-11-24-18-9-5-14(12-17(18)21)6-10-19(23)22-13-15-3-7-16(20)8-4-15/h2-10,12H,1,11,13,21H2,(H,22,23)/b10-6-. The van der Waals surface area contributed by atoms with Gasteiger partial charge in [-0.15, -0.1) is 0 Å². The number of carbonyl (C=O) groups excluding carboxylic acids is 1. The Morgan fingerprint density at radius 1 is 1.25 bits per heavy atom. The quantitative estimate of drug-likeness (QED) is 0.466. The zero-order valence-electron chi connectivity index (χ0n) is 13.2. The number of anilines is 1. The van der Waals surface area contributed by atoms with Gasteiger partial charge in [0.1, 0.15) is 18.2 Å². The normalized spacial score (nSPS) is 10.5. The number of carbonyl (C=O) groups is 1. The lowest BCUT2D eigenvalue weighted by Gasteiger charge is -2.07. The first-order valence-electron chi connectivity index (χ1n) is 7.42. The van der Waals surface area contributed by atoms with E-state index in [9.17, 15) is 9.18 Å². The minimum atomic E-state index is -0.303. The Bertz CT molecular complexity index is 740. The number of amides is 1. The van der Waals surface area contributed by atoms with Crippen LogP contribution < -0.4 is 15.8 Å². The van der Waals surface area contributed by atoms with E-state index in [0.717, 1.165) is 11.1 Å². The maximum absolute atomic E-state index is 12.8. The van der Waals surface area contributed by atoms with Gasteiger partial charge in [-0.2, -0.15) is 0 Å². The molecule has 2 rings (SSSR count). The van der Waals surface area contributed by atoms with Crippen LogP contribution in [0.4, 0.5) is 10.1 Å². The van der Waals surface area contributed by atoms with Gasteiger partial charge in [-0.05, 0) is 41.5 Å². The molecule has 0 aliphatic carbocycles. The maximum atomic E-state index is 12.8. The summed E-state index contributed by atoms with van der Waals surface area (Å²) in [7, 11) is 0. The van der Waals surface area contributed by atoms with E-state index < -0.39 is 0 Å². The lowest BCUT2D eigenvalue weighted by Crippen LogP contribution is -2.20. The minimum absolute atomic E-state index is 0.245. The van der Waals surface area contributed by atoms with E-state index in [1.54, 1.807) is 42.5 Å². The van der Waals surface area contributed by atoms with Crippen LogP contribution in [0.15, 0.2) is 61.2 Å². The Labute approximate surface area is 140 Å². The van der Waals surface area contributed by atoms with Crippen molar-refractivity contribution in [3.05, 3.63) is 78.1 Å². The molecule has 0 saturated heterocycles. The van der Waals surface area contributed by atoms with Crippen molar-refractivity contribution < 1.29 is 13.9 Å². The largest absolute Gasteiger partial charge is 0.487 e. The number of rotatable bonds is 7. The summed E-state index contributed by atoms with van der Waals surface area (Å²) < 4.78 is 18.2. The summed E-state index contributed by atoms with van der Waals surface area (Å²) in [6.07, 6.45) is 4.72. The summed E-state index contributed by atoms with van der Waals surface area (Å²) in [5.41, 5.74) is 7.99.